The first-order chi connectivity index (χ1) is 9.63. The lowest BCUT2D eigenvalue weighted by Gasteiger charge is -2.02. The molecule has 0 heterocycles. The van der Waals surface area contributed by atoms with Crippen LogP contribution in [0, 0.1) is 0 Å². The highest BCUT2D eigenvalue weighted by atomic mass is 79.9. The first kappa shape index (κ1) is 26.4. The molecule has 0 saturated heterocycles. The highest BCUT2D eigenvalue weighted by Gasteiger charge is 1.93. The minimum absolute atomic E-state index is 0. The fourth-order valence-electron chi connectivity index (χ4n) is 2.05. The van der Waals surface area contributed by atoms with Gasteiger partial charge in [-0.05, 0) is 12.8 Å². The van der Waals surface area contributed by atoms with Gasteiger partial charge < -0.3 is 22.9 Å². The zero-order chi connectivity index (χ0) is 15.1. The van der Waals surface area contributed by atoms with Gasteiger partial charge in [-0.15, -0.1) is 34.0 Å². The Bertz CT molecular complexity index is 249. The van der Waals surface area contributed by atoms with Crippen molar-refractivity contribution in [1.82, 2.24) is 0 Å². The van der Waals surface area contributed by atoms with Gasteiger partial charge in [-0.25, -0.2) is 0 Å². The Morgan fingerprint density at radius 2 is 0.682 bits per heavy atom. The van der Waals surface area contributed by atoms with Crippen LogP contribution in [0.25, 0.3) is 0 Å². The molecule has 0 aliphatic rings. The fraction of sp³-hybridized carbons (Fsp3) is 0.857. The van der Waals surface area contributed by atoms with Crippen molar-refractivity contribution in [3.63, 3.8) is 0 Å². The number of unbranched alkanes of at least 4 members (excludes halogenated alkanes) is 9. The monoisotopic (exact) mass is 444 g/mol. The second kappa shape index (κ2) is 20.5. The van der Waals surface area contributed by atoms with Gasteiger partial charge in [0.05, 0.1) is 0 Å². The van der Waals surface area contributed by atoms with Crippen molar-refractivity contribution in [1.29, 1.82) is 0 Å². The van der Waals surface area contributed by atoms with Crippen molar-refractivity contribution < 1.29 is 0 Å². The molecule has 22 heavy (non-hydrogen) atoms. The highest BCUT2D eigenvalue weighted by molar-refractivity contribution is 8.93. The molecule has 0 aromatic rings. The maximum absolute atomic E-state index is 5.25. The van der Waals surface area contributed by atoms with Gasteiger partial charge in [0.2, 0.25) is 0 Å². The minimum Gasteiger partial charge on any atom is -0.370 e. The molecule has 0 aromatic heterocycles. The lowest BCUT2D eigenvalue weighted by Crippen LogP contribution is -2.22. The lowest BCUT2D eigenvalue weighted by atomic mass is 10.1. The number of halogens is 2. The molecule has 0 amide bonds. The highest BCUT2D eigenvalue weighted by Crippen LogP contribution is 2.10. The number of nitrogens with two attached hydrogens (primary N) is 4. The predicted molar refractivity (Wildman–Crippen MR) is 108 cm³/mol. The van der Waals surface area contributed by atoms with E-state index < -0.39 is 0 Å². The fourth-order valence-corrected chi connectivity index (χ4v) is 2.05. The summed E-state index contributed by atoms with van der Waals surface area (Å²) in [7, 11) is 0. The molecule has 8 N–H and O–H groups in total. The number of hydrogen-bond donors (Lipinski definition) is 4. The quantitative estimate of drug-likeness (QED) is 0.197. The van der Waals surface area contributed by atoms with E-state index in [1.54, 1.807) is 0 Å². The Morgan fingerprint density at radius 1 is 0.455 bits per heavy atom. The molecule has 0 radical (unpaired) electrons. The molecule has 0 fully saturated rings. The third-order valence-electron chi connectivity index (χ3n) is 3.15. The van der Waals surface area contributed by atoms with E-state index in [-0.39, 0.29) is 45.9 Å². The summed E-state index contributed by atoms with van der Waals surface area (Å²) in [6.45, 7) is 1.52. The van der Waals surface area contributed by atoms with Crippen LogP contribution in [-0.4, -0.2) is 25.0 Å². The van der Waals surface area contributed by atoms with Crippen LogP contribution in [0.5, 0.6) is 0 Å². The summed E-state index contributed by atoms with van der Waals surface area (Å²) in [6.07, 6.45) is 12.5. The van der Waals surface area contributed by atoms with Crippen molar-refractivity contribution in [3.05, 3.63) is 0 Å². The molecule has 0 aromatic carbocycles. The molecular formula is C14H34Br2N6. The van der Waals surface area contributed by atoms with Crippen LogP contribution in [-0.2, 0) is 0 Å². The van der Waals surface area contributed by atoms with E-state index in [0.717, 1.165) is 25.9 Å². The van der Waals surface area contributed by atoms with E-state index in [1.165, 1.54) is 51.4 Å². The molecule has 8 heteroatoms. The molecule has 0 aliphatic carbocycles. The summed E-state index contributed by atoms with van der Waals surface area (Å²) in [6, 6.07) is 0. The molecule has 0 unspecified atom stereocenters. The number of aliphatic imine (C=N–C) groups is 2. The molecular weight excluding hydrogens is 412 g/mol. The van der Waals surface area contributed by atoms with Crippen LogP contribution >= 0.6 is 34.0 Å². The summed E-state index contributed by atoms with van der Waals surface area (Å²) in [5, 5.41) is 0. The van der Waals surface area contributed by atoms with Crippen molar-refractivity contribution in [2.75, 3.05) is 13.1 Å². The van der Waals surface area contributed by atoms with Crippen molar-refractivity contribution in [2.45, 2.75) is 64.2 Å². The molecule has 0 aliphatic heterocycles. The van der Waals surface area contributed by atoms with Gasteiger partial charge in [-0.2, -0.15) is 0 Å². The Morgan fingerprint density at radius 3 is 0.909 bits per heavy atom. The summed E-state index contributed by atoms with van der Waals surface area (Å²) in [4.78, 5) is 7.93. The third kappa shape index (κ3) is 24.5. The topological polar surface area (TPSA) is 129 Å². The van der Waals surface area contributed by atoms with Gasteiger partial charge in [0.25, 0.3) is 0 Å². The molecule has 0 atom stereocenters. The third-order valence-corrected chi connectivity index (χ3v) is 3.15. The second-order valence-electron chi connectivity index (χ2n) is 5.15. The van der Waals surface area contributed by atoms with Crippen LogP contribution in [0.4, 0.5) is 0 Å². The summed E-state index contributed by atoms with van der Waals surface area (Å²) in [5.74, 6) is 0.398. The van der Waals surface area contributed by atoms with E-state index in [4.69, 9.17) is 22.9 Å². The van der Waals surface area contributed by atoms with Crippen LogP contribution < -0.4 is 22.9 Å². The van der Waals surface area contributed by atoms with E-state index in [1.807, 2.05) is 0 Å². The molecule has 0 bridgehead atoms. The predicted octanol–water partition coefficient (Wildman–Crippen LogP) is 2.59. The van der Waals surface area contributed by atoms with E-state index in [0.29, 0.717) is 0 Å². The molecule has 0 saturated carbocycles. The maximum atomic E-state index is 5.25. The van der Waals surface area contributed by atoms with Crippen LogP contribution in [0.15, 0.2) is 9.98 Å². The Labute approximate surface area is 156 Å². The zero-order valence-electron chi connectivity index (χ0n) is 13.5. The van der Waals surface area contributed by atoms with Crippen molar-refractivity contribution >= 4 is 45.9 Å². The zero-order valence-corrected chi connectivity index (χ0v) is 16.9. The van der Waals surface area contributed by atoms with Crippen LogP contribution in [0.3, 0.4) is 0 Å². The molecule has 0 rings (SSSR count). The summed E-state index contributed by atoms with van der Waals surface area (Å²) >= 11 is 0. The number of nitrogens with zero attached hydrogens (tertiary/aromatic N) is 2. The average molecular weight is 446 g/mol. The van der Waals surface area contributed by atoms with Gasteiger partial charge in [0.1, 0.15) is 0 Å². The van der Waals surface area contributed by atoms with E-state index >= 15 is 0 Å². The van der Waals surface area contributed by atoms with E-state index in [9.17, 15) is 0 Å². The first-order valence-corrected chi connectivity index (χ1v) is 7.73. The molecule has 134 valence electrons. The first-order valence-electron chi connectivity index (χ1n) is 7.73. The van der Waals surface area contributed by atoms with Crippen LogP contribution in [0.1, 0.15) is 64.2 Å². The molecule has 0 spiro atoms. The SMILES string of the molecule is Br.Br.NC(N)=NCCCCCCCCCCCCN=C(N)N. The largest absolute Gasteiger partial charge is 0.370 e. The van der Waals surface area contributed by atoms with Gasteiger partial charge in [0.15, 0.2) is 11.9 Å². The summed E-state index contributed by atoms with van der Waals surface area (Å²) in [5.41, 5.74) is 21.0. The lowest BCUT2D eigenvalue weighted by molar-refractivity contribution is 0.554. The number of hydrogen-bond acceptors (Lipinski definition) is 2. The van der Waals surface area contributed by atoms with Crippen LogP contribution in [0.2, 0.25) is 0 Å². The van der Waals surface area contributed by atoms with Crippen molar-refractivity contribution in [3.8, 4) is 0 Å². The van der Waals surface area contributed by atoms with Gasteiger partial charge in [-0.1, -0.05) is 51.4 Å². The smallest absolute Gasteiger partial charge is 0.185 e. The van der Waals surface area contributed by atoms with Gasteiger partial charge in [-0.3, -0.25) is 9.98 Å². The summed E-state index contributed by atoms with van der Waals surface area (Å²) < 4.78 is 0. The second-order valence-corrected chi connectivity index (χ2v) is 5.15. The number of guanidine groups is 2. The average Bonchev–Trinajstić information content (AvgIpc) is 2.38. The number of rotatable bonds is 13. The Kier molecular flexibility index (Phi) is 24.6. The Hall–Kier alpha value is -0.500. The standard InChI is InChI=1S/C14H32N6.2BrH/c15-13(16)19-11-9-7-5-3-1-2-4-6-8-10-12-20-14(17)18;;/h1-12H2,(H4,15,16,19)(H4,17,18,20);2*1H. The minimum atomic E-state index is 0. The normalized spacial score (nSPS) is 9.27. The van der Waals surface area contributed by atoms with E-state index in [2.05, 4.69) is 9.98 Å². The van der Waals surface area contributed by atoms with Gasteiger partial charge in [0, 0.05) is 13.1 Å². The van der Waals surface area contributed by atoms with Gasteiger partial charge >= 0.3 is 0 Å². The van der Waals surface area contributed by atoms with Crippen molar-refractivity contribution in [2.24, 2.45) is 32.9 Å². The Balaban J connectivity index is -0.00000180. The molecule has 6 nitrogen and oxygen atoms in total. The maximum Gasteiger partial charge on any atom is 0.185 e.